The SMILES string of the molecule is COc1ccc(N2C(=O)CC[C@H]2c2nc3cc(-c4c(C)noc4C)ccc3n2C2CCS(O)(O)CC2)cc1F. The van der Waals surface area contributed by atoms with Crippen molar-refractivity contribution >= 4 is 33.2 Å². The topological polar surface area (TPSA) is 114 Å². The van der Waals surface area contributed by atoms with E-state index in [1.54, 1.807) is 11.0 Å². The first-order valence-corrected chi connectivity index (χ1v) is 14.9. The van der Waals surface area contributed by atoms with E-state index in [1.807, 2.05) is 32.0 Å². The first kappa shape index (κ1) is 25.8. The van der Waals surface area contributed by atoms with Gasteiger partial charge >= 0.3 is 0 Å². The molecule has 2 N–H and O–H groups in total. The number of methoxy groups -OCH3 is 1. The van der Waals surface area contributed by atoms with Crippen molar-refractivity contribution in [2.75, 3.05) is 23.5 Å². The third-order valence-corrected chi connectivity index (χ3v) is 9.66. The second-order valence-electron chi connectivity index (χ2n) is 10.3. The van der Waals surface area contributed by atoms with Crippen LogP contribution in [0.15, 0.2) is 40.9 Å². The Morgan fingerprint density at radius 2 is 1.87 bits per heavy atom. The Hall–Kier alpha value is -3.41. The Bertz CT molecular complexity index is 1550. The van der Waals surface area contributed by atoms with Crippen LogP contribution in [0.4, 0.5) is 10.1 Å². The molecule has 6 rings (SSSR count). The molecule has 2 aromatic heterocycles. The molecule has 0 saturated carbocycles. The van der Waals surface area contributed by atoms with Gasteiger partial charge in [-0.1, -0.05) is 11.2 Å². The van der Waals surface area contributed by atoms with Gasteiger partial charge in [-0.3, -0.25) is 13.9 Å². The predicted molar refractivity (Wildman–Crippen MR) is 148 cm³/mol. The third kappa shape index (κ3) is 4.48. The van der Waals surface area contributed by atoms with E-state index < -0.39 is 22.4 Å². The van der Waals surface area contributed by atoms with Gasteiger partial charge in [0, 0.05) is 41.3 Å². The zero-order valence-electron chi connectivity index (χ0n) is 22.1. The molecule has 4 heterocycles. The number of rotatable bonds is 5. The van der Waals surface area contributed by atoms with Crippen LogP contribution in [0.5, 0.6) is 5.75 Å². The maximum Gasteiger partial charge on any atom is 0.227 e. The number of hydrogen-bond donors (Lipinski definition) is 2. The van der Waals surface area contributed by atoms with Crippen molar-refractivity contribution < 1.29 is 27.6 Å². The number of aromatic nitrogens is 3. The molecule has 9 nitrogen and oxygen atoms in total. The zero-order chi connectivity index (χ0) is 27.5. The fourth-order valence-corrected chi connectivity index (χ4v) is 7.50. The van der Waals surface area contributed by atoms with E-state index >= 15 is 0 Å². The number of carbonyl (C=O) groups is 1. The number of hydrogen-bond acceptors (Lipinski definition) is 7. The molecule has 2 saturated heterocycles. The van der Waals surface area contributed by atoms with Crippen LogP contribution in [0.2, 0.25) is 0 Å². The third-order valence-electron chi connectivity index (χ3n) is 7.88. The first-order valence-electron chi connectivity index (χ1n) is 13.0. The average molecular weight is 555 g/mol. The molecule has 11 heteroatoms. The Labute approximate surface area is 226 Å². The minimum absolute atomic E-state index is 0.0139. The summed E-state index contributed by atoms with van der Waals surface area (Å²) in [6, 6.07) is 10.2. The molecule has 0 bridgehead atoms. The fraction of sp³-hybridized carbons (Fsp3) is 0.393. The first-order chi connectivity index (χ1) is 18.7. The molecule has 2 aromatic carbocycles. The Morgan fingerprint density at radius 3 is 2.54 bits per heavy atom. The van der Waals surface area contributed by atoms with Crippen LogP contribution in [0.1, 0.15) is 55.0 Å². The van der Waals surface area contributed by atoms with Gasteiger partial charge in [0.15, 0.2) is 11.6 Å². The Morgan fingerprint density at radius 1 is 1.10 bits per heavy atom. The number of anilines is 1. The molecule has 0 aliphatic carbocycles. The maximum absolute atomic E-state index is 14.7. The highest BCUT2D eigenvalue weighted by molar-refractivity contribution is 8.24. The molecule has 4 aromatic rings. The molecule has 1 amide bonds. The molecule has 2 aliphatic heterocycles. The van der Waals surface area contributed by atoms with Crippen molar-refractivity contribution in [1.82, 2.24) is 14.7 Å². The molecule has 39 heavy (non-hydrogen) atoms. The molecule has 2 fully saturated rings. The van der Waals surface area contributed by atoms with Gasteiger partial charge in [0.1, 0.15) is 11.6 Å². The van der Waals surface area contributed by atoms with E-state index in [-0.39, 0.29) is 17.7 Å². The lowest BCUT2D eigenvalue weighted by Crippen LogP contribution is -2.31. The van der Waals surface area contributed by atoms with Gasteiger partial charge in [-0.25, -0.2) is 9.37 Å². The summed E-state index contributed by atoms with van der Waals surface area (Å²) in [7, 11) is -1.18. The number of ether oxygens (including phenoxy) is 1. The summed E-state index contributed by atoms with van der Waals surface area (Å²) in [6.45, 7) is 3.77. The molecule has 2 aliphatic rings. The number of halogens is 1. The fourth-order valence-electron chi connectivity index (χ4n) is 6.00. The van der Waals surface area contributed by atoms with Gasteiger partial charge in [0.2, 0.25) is 5.91 Å². The van der Waals surface area contributed by atoms with Crippen molar-refractivity contribution in [3.05, 3.63) is 59.5 Å². The normalized spacial score (nSPS) is 20.6. The Kier molecular flexibility index (Phi) is 6.40. The van der Waals surface area contributed by atoms with Gasteiger partial charge in [0.25, 0.3) is 0 Å². The van der Waals surface area contributed by atoms with Gasteiger partial charge < -0.3 is 18.7 Å². The lowest BCUT2D eigenvalue weighted by Gasteiger charge is -2.40. The standard InChI is InChI=1S/C28H31FN4O5S/c1-16-27(17(2)38-31-16)18-4-6-23-22(14-18)30-28(33(23)19-10-12-39(35,36)13-11-19)24-7-9-26(34)32(24)20-5-8-25(37-3)21(29)15-20/h4-6,8,14-15,19,24,35-36H,7,9-13H2,1-3H3/t24-/m0/s1. The molecule has 0 unspecified atom stereocenters. The van der Waals surface area contributed by atoms with E-state index in [1.165, 1.54) is 19.2 Å². The van der Waals surface area contributed by atoms with E-state index in [0.717, 1.165) is 33.6 Å². The van der Waals surface area contributed by atoms with Crippen molar-refractivity contribution in [3.8, 4) is 16.9 Å². The van der Waals surface area contributed by atoms with Crippen molar-refractivity contribution in [2.24, 2.45) is 0 Å². The highest BCUT2D eigenvalue weighted by Gasteiger charge is 2.39. The summed E-state index contributed by atoms with van der Waals surface area (Å²) in [5.41, 5.74) is 4.77. The summed E-state index contributed by atoms with van der Waals surface area (Å²) < 4.78 is 47.8. The zero-order valence-corrected chi connectivity index (χ0v) is 22.9. The van der Waals surface area contributed by atoms with Gasteiger partial charge in [-0.2, -0.15) is 10.6 Å². The monoisotopic (exact) mass is 554 g/mol. The lowest BCUT2D eigenvalue weighted by atomic mass is 10.0. The van der Waals surface area contributed by atoms with Gasteiger partial charge in [0.05, 0.1) is 29.9 Å². The Balaban J connectivity index is 1.49. The van der Waals surface area contributed by atoms with E-state index in [2.05, 4.69) is 9.72 Å². The molecule has 206 valence electrons. The number of aryl methyl sites for hydroxylation is 2. The number of carbonyl (C=O) groups excluding carboxylic acids is 1. The summed E-state index contributed by atoms with van der Waals surface area (Å²) in [5.74, 6) is 1.56. The van der Waals surface area contributed by atoms with Crippen LogP contribution < -0.4 is 9.64 Å². The number of amides is 1. The molecular formula is C28H31FN4O5S. The highest BCUT2D eigenvalue weighted by Crippen LogP contribution is 2.49. The lowest BCUT2D eigenvalue weighted by molar-refractivity contribution is -0.117. The largest absolute Gasteiger partial charge is 0.494 e. The van der Waals surface area contributed by atoms with Gasteiger partial charge in [-0.05, 0) is 62.9 Å². The van der Waals surface area contributed by atoms with Gasteiger partial charge in [-0.15, -0.1) is 0 Å². The molecule has 0 radical (unpaired) electrons. The molecule has 0 spiro atoms. The van der Waals surface area contributed by atoms with Crippen molar-refractivity contribution in [2.45, 2.75) is 51.6 Å². The van der Waals surface area contributed by atoms with E-state index in [0.29, 0.717) is 48.7 Å². The number of imidazole rings is 1. The highest BCUT2D eigenvalue weighted by atomic mass is 32.3. The summed E-state index contributed by atoms with van der Waals surface area (Å²) in [6.07, 6.45) is 2.03. The molecule has 1 atom stereocenters. The average Bonchev–Trinajstić information content (AvgIpc) is 3.57. The van der Waals surface area contributed by atoms with Crippen LogP contribution >= 0.6 is 10.6 Å². The van der Waals surface area contributed by atoms with Crippen molar-refractivity contribution in [1.29, 1.82) is 0 Å². The van der Waals surface area contributed by atoms with Crippen LogP contribution in [0, 0.1) is 19.7 Å². The number of nitrogens with zero attached hydrogens (tertiary/aromatic N) is 4. The minimum atomic E-state index is -2.58. The number of fused-ring (bicyclic) bond motifs is 1. The molecular weight excluding hydrogens is 523 g/mol. The van der Waals surface area contributed by atoms with E-state index in [4.69, 9.17) is 14.2 Å². The second-order valence-corrected chi connectivity index (χ2v) is 12.7. The quantitative estimate of drug-likeness (QED) is 0.293. The maximum atomic E-state index is 14.7. The van der Waals surface area contributed by atoms with Crippen LogP contribution in [-0.4, -0.2) is 48.3 Å². The summed E-state index contributed by atoms with van der Waals surface area (Å²) >= 11 is 0. The summed E-state index contributed by atoms with van der Waals surface area (Å²) in [5, 5.41) is 4.09. The van der Waals surface area contributed by atoms with Crippen LogP contribution in [0.25, 0.3) is 22.2 Å². The number of benzene rings is 2. The second kappa shape index (κ2) is 9.65. The smallest absolute Gasteiger partial charge is 0.227 e. The summed E-state index contributed by atoms with van der Waals surface area (Å²) in [4.78, 5) is 19.9. The van der Waals surface area contributed by atoms with Crippen LogP contribution in [0.3, 0.4) is 0 Å². The van der Waals surface area contributed by atoms with E-state index in [9.17, 15) is 18.3 Å². The van der Waals surface area contributed by atoms with Crippen LogP contribution in [-0.2, 0) is 4.79 Å². The van der Waals surface area contributed by atoms with Crippen molar-refractivity contribution in [3.63, 3.8) is 0 Å². The predicted octanol–water partition coefficient (Wildman–Crippen LogP) is 6.41. The minimum Gasteiger partial charge on any atom is -0.494 e.